The van der Waals surface area contributed by atoms with Gasteiger partial charge in [0.1, 0.15) is 5.69 Å². The lowest BCUT2D eigenvalue weighted by Gasteiger charge is -2.37. The highest BCUT2D eigenvalue weighted by molar-refractivity contribution is 5.92. The quantitative estimate of drug-likeness (QED) is 0.715. The van der Waals surface area contributed by atoms with Crippen molar-refractivity contribution < 1.29 is 9.53 Å². The number of hydrogen-bond acceptors (Lipinski definition) is 4. The minimum atomic E-state index is 0.100. The van der Waals surface area contributed by atoms with Crippen molar-refractivity contribution in [3.63, 3.8) is 0 Å². The standard InChI is InChI=1S/C18H32N4O2/c1-6-24-12-11-22-17(13-14(2)19-22)18(23)21-9-7-16(8-10-21)15(3)20(4)5/h13,15-16H,6-12H2,1-5H3. The fourth-order valence-corrected chi connectivity index (χ4v) is 3.35. The molecule has 6 heteroatoms. The van der Waals surface area contributed by atoms with E-state index in [0.29, 0.717) is 37.4 Å². The molecule has 1 amide bonds. The summed E-state index contributed by atoms with van der Waals surface area (Å²) in [5.41, 5.74) is 1.57. The number of ether oxygens (including phenoxy) is 1. The van der Waals surface area contributed by atoms with Gasteiger partial charge < -0.3 is 14.5 Å². The molecule has 136 valence electrons. The summed E-state index contributed by atoms with van der Waals surface area (Å²) in [6.45, 7) is 9.72. The predicted molar refractivity (Wildman–Crippen MR) is 95.2 cm³/mol. The molecule has 2 rings (SSSR count). The topological polar surface area (TPSA) is 50.6 Å². The van der Waals surface area contributed by atoms with E-state index in [4.69, 9.17) is 4.74 Å². The number of carbonyl (C=O) groups is 1. The van der Waals surface area contributed by atoms with Crippen molar-refractivity contribution in [3.8, 4) is 0 Å². The third-order valence-electron chi connectivity index (χ3n) is 5.10. The number of piperidine rings is 1. The number of nitrogens with zero attached hydrogens (tertiary/aromatic N) is 4. The number of carbonyl (C=O) groups excluding carboxylic acids is 1. The molecule has 0 saturated carbocycles. The molecule has 1 aliphatic heterocycles. The minimum Gasteiger partial charge on any atom is -0.380 e. The lowest BCUT2D eigenvalue weighted by atomic mass is 9.89. The fraction of sp³-hybridized carbons (Fsp3) is 0.778. The van der Waals surface area contributed by atoms with Crippen LogP contribution in [0.5, 0.6) is 0 Å². The third kappa shape index (κ3) is 4.57. The number of rotatable bonds is 7. The predicted octanol–water partition coefficient (Wildman–Crippen LogP) is 2.03. The second-order valence-electron chi connectivity index (χ2n) is 6.92. The van der Waals surface area contributed by atoms with Crippen LogP contribution in [-0.2, 0) is 11.3 Å². The zero-order valence-electron chi connectivity index (χ0n) is 15.8. The number of amides is 1. The van der Waals surface area contributed by atoms with Gasteiger partial charge in [0.2, 0.25) is 0 Å². The molecule has 0 aliphatic carbocycles. The molecule has 0 spiro atoms. The molecule has 1 unspecified atom stereocenters. The summed E-state index contributed by atoms with van der Waals surface area (Å²) in [7, 11) is 4.25. The fourth-order valence-electron chi connectivity index (χ4n) is 3.35. The van der Waals surface area contributed by atoms with Gasteiger partial charge in [-0.15, -0.1) is 0 Å². The van der Waals surface area contributed by atoms with Crippen LogP contribution in [0, 0.1) is 12.8 Å². The normalized spacial score (nSPS) is 17.5. The zero-order chi connectivity index (χ0) is 17.7. The molecule has 2 heterocycles. The Morgan fingerprint density at radius 1 is 1.42 bits per heavy atom. The third-order valence-corrected chi connectivity index (χ3v) is 5.10. The molecule has 6 nitrogen and oxygen atoms in total. The van der Waals surface area contributed by atoms with E-state index in [-0.39, 0.29) is 5.91 Å². The average molecular weight is 336 g/mol. The van der Waals surface area contributed by atoms with E-state index >= 15 is 0 Å². The van der Waals surface area contributed by atoms with E-state index in [2.05, 4.69) is 31.0 Å². The van der Waals surface area contributed by atoms with E-state index in [1.54, 1.807) is 4.68 Å². The van der Waals surface area contributed by atoms with Crippen LogP contribution in [0.4, 0.5) is 0 Å². The number of aromatic nitrogens is 2. The number of likely N-dealkylation sites (tertiary alicyclic amines) is 1. The molecule has 1 aromatic heterocycles. The van der Waals surface area contributed by atoms with Crippen LogP contribution < -0.4 is 0 Å². The number of aryl methyl sites for hydroxylation is 1. The second-order valence-corrected chi connectivity index (χ2v) is 6.92. The van der Waals surface area contributed by atoms with Crippen molar-refractivity contribution in [1.82, 2.24) is 19.6 Å². The second kappa shape index (κ2) is 8.62. The largest absolute Gasteiger partial charge is 0.380 e. The van der Waals surface area contributed by atoms with Crippen LogP contribution in [0.2, 0.25) is 0 Å². The van der Waals surface area contributed by atoms with Crippen molar-refractivity contribution in [2.45, 2.75) is 46.2 Å². The van der Waals surface area contributed by atoms with E-state index in [9.17, 15) is 4.79 Å². The molecule has 0 N–H and O–H groups in total. The van der Waals surface area contributed by atoms with Crippen LogP contribution >= 0.6 is 0 Å². The summed E-state index contributed by atoms with van der Waals surface area (Å²) in [6.07, 6.45) is 2.13. The summed E-state index contributed by atoms with van der Waals surface area (Å²) >= 11 is 0. The van der Waals surface area contributed by atoms with Crippen molar-refractivity contribution in [2.24, 2.45) is 5.92 Å². The SMILES string of the molecule is CCOCCn1nc(C)cc1C(=O)N1CCC(C(C)N(C)C)CC1. The van der Waals surface area contributed by atoms with Crippen molar-refractivity contribution >= 4 is 5.91 Å². The Morgan fingerprint density at radius 2 is 2.08 bits per heavy atom. The van der Waals surface area contributed by atoms with Gasteiger partial charge in [-0.05, 0) is 59.7 Å². The maximum atomic E-state index is 12.9. The van der Waals surface area contributed by atoms with Gasteiger partial charge in [0.15, 0.2) is 0 Å². The highest BCUT2D eigenvalue weighted by Gasteiger charge is 2.29. The Hall–Kier alpha value is -1.40. The van der Waals surface area contributed by atoms with Crippen molar-refractivity contribution in [2.75, 3.05) is 40.4 Å². The lowest BCUT2D eigenvalue weighted by Crippen LogP contribution is -2.44. The van der Waals surface area contributed by atoms with E-state index < -0.39 is 0 Å². The molecular weight excluding hydrogens is 304 g/mol. The van der Waals surface area contributed by atoms with Gasteiger partial charge in [-0.3, -0.25) is 9.48 Å². The molecule has 1 atom stereocenters. The summed E-state index contributed by atoms with van der Waals surface area (Å²) in [4.78, 5) is 17.1. The Labute approximate surface area is 145 Å². The maximum absolute atomic E-state index is 12.9. The molecule has 24 heavy (non-hydrogen) atoms. The van der Waals surface area contributed by atoms with Crippen LogP contribution in [0.15, 0.2) is 6.07 Å². The first kappa shape index (κ1) is 18.9. The summed E-state index contributed by atoms with van der Waals surface area (Å²) < 4.78 is 7.19. The minimum absolute atomic E-state index is 0.100. The first-order valence-electron chi connectivity index (χ1n) is 9.02. The van der Waals surface area contributed by atoms with Gasteiger partial charge in [-0.1, -0.05) is 0 Å². The van der Waals surface area contributed by atoms with E-state index in [0.717, 1.165) is 31.6 Å². The Morgan fingerprint density at radius 3 is 2.67 bits per heavy atom. The first-order valence-corrected chi connectivity index (χ1v) is 9.02. The first-order chi connectivity index (χ1) is 11.4. The highest BCUT2D eigenvalue weighted by Crippen LogP contribution is 2.24. The molecule has 0 aromatic carbocycles. The van der Waals surface area contributed by atoms with Gasteiger partial charge in [0, 0.05) is 25.7 Å². The molecule has 0 bridgehead atoms. The van der Waals surface area contributed by atoms with Crippen LogP contribution in [0.3, 0.4) is 0 Å². The average Bonchev–Trinajstić information content (AvgIpc) is 2.94. The Bertz CT molecular complexity index is 533. The summed E-state index contributed by atoms with van der Waals surface area (Å²) in [5, 5.41) is 4.45. The van der Waals surface area contributed by atoms with E-state index in [1.807, 2.05) is 24.8 Å². The molecule has 0 radical (unpaired) electrons. The molecule has 1 saturated heterocycles. The van der Waals surface area contributed by atoms with Gasteiger partial charge in [0.25, 0.3) is 5.91 Å². The van der Waals surface area contributed by atoms with Crippen LogP contribution in [0.25, 0.3) is 0 Å². The highest BCUT2D eigenvalue weighted by atomic mass is 16.5. The molecule has 1 fully saturated rings. The summed E-state index contributed by atoms with van der Waals surface area (Å²) in [5.74, 6) is 0.761. The van der Waals surface area contributed by atoms with Crippen LogP contribution in [0.1, 0.15) is 42.9 Å². The Balaban J connectivity index is 1.98. The zero-order valence-corrected chi connectivity index (χ0v) is 15.8. The molecule has 1 aromatic rings. The summed E-state index contributed by atoms with van der Waals surface area (Å²) in [6, 6.07) is 2.45. The van der Waals surface area contributed by atoms with Crippen LogP contribution in [-0.4, -0.2) is 71.9 Å². The number of hydrogen-bond donors (Lipinski definition) is 0. The van der Waals surface area contributed by atoms with Crippen molar-refractivity contribution in [1.29, 1.82) is 0 Å². The van der Waals surface area contributed by atoms with E-state index in [1.165, 1.54) is 0 Å². The van der Waals surface area contributed by atoms with Gasteiger partial charge in [-0.25, -0.2) is 0 Å². The van der Waals surface area contributed by atoms with Crippen molar-refractivity contribution in [3.05, 3.63) is 17.5 Å². The van der Waals surface area contributed by atoms with Gasteiger partial charge in [0.05, 0.1) is 18.8 Å². The van der Waals surface area contributed by atoms with Gasteiger partial charge >= 0.3 is 0 Å². The lowest BCUT2D eigenvalue weighted by molar-refractivity contribution is 0.0624. The smallest absolute Gasteiger partial charge is 0.272 e. The maximum Gasteiger partial charge on any atom is 0.272 e. The Kier molecular flexibility index (Phi) is 6.80. The molecular formula is C18H32N4O2. The monoisotopic (exact) mass is 336 g/mol. The van der Waals surface area contributed by atoms with Gasteiger partial charge in [-0.2, -0.15) is 5.10 Å². The molecule has 1 aliphatic rings.